The molecule has 1 heterocycles. The third-order valence-electron chi connectivity index (χ3n) is 3.44. The van der Waals surface area contributed by atoms with Crippen molar-refractivity contribution in [3.05, 3.63) is 31.8 Å². The van der Waals surface area contributed by atoms with E-state index in [-0.39, 0.29) is 5.91 Å². The molecular formula is C14H18BrIN2O. The quantitative estimate of drug-likeness (QED) is 0.738. The summed E-state index contributed by atoms with van der Waals surface area (Å²) in [6, 6.07) is 5.86. The van der Waals surface area contributed by atoms with Gasteiger partial charge >= 0.3 is 0 Å². The summed E-state index contributed by atoms with van der Waals surface area (Å²) in [5, 5.41) is 3.39. The maximum Gasteiger partial charge on any atom is 0.254 e. The molecule has 3 nitrogen and oxygen atoms in total. The Hall–Kier alpha value is -0.140. The van der Waals surface area contributed by atoms with Crippen LogP contribution in [0.15, 0.2) is 22.7 Å². The largest absolute Gasteiger partial charge is 0.341 e. The van der Waals surface area contributed by atoms with Crippen LogP contribution in [0.5, 0.6) is 0 Å². The Balaban J connectivity index is 2.03. The first kappa shape index (κ1) is 15.3. The molecule has 1 aliphatic heterocycles. The second-order valence-corrected chi connectivity index (χ2v) is 7.12. The Kier molecular flexibility index (Phi) is 5.65. The van der Waals surface area contributed by atoms with Gasteiger partial charge in [-0.1, -0.05) is 0 Å². The van der Waals surface area contributed by atoms with E-state index in [1.54, 1.807) is 0 Å². The topological polar surface area (TPSA) is 32.3 Å². The smallest absolute Gasteiger partial charge is 0.254 e. The van der Waals surface area contributed by atoms with Gasteiger partial charge in [0.05, 0.1) is 5.56 Å². The SMILES string of the molecule is CN(CC1CCCNC1)C(=O)c1cc(I)ccc1Br. The second-order valence-electron chi connectivity index (χ2n) is 5.02. The molecule has 0 saturated carbocycles. The molecule has 1 atom stereocenters. The van der Waals surface area contributed by atoms with Gasteiger partial charge in [-0.05, 0) is 88.6 Å². The van der Waals surface area contributed by atoms with Crippen molar-refractivity contribution in [2.45, 2.75) is 12.8 Å². The van der Waals surface area contributed by atoms with Gasteiger partial charge in [0.25, 0.3) is 5.91 Å². The van der Waals surface area contributed by atoms with Crippen molar-refractivity contribution in [2.75, 3.05) is 26.7 Å². The number of hydrogen-bond acceptors (Lipinski definition) is 2. The summed E-state index contributed by atoms with van der Waals surface area (Å²) in [5.41, 5.74) is 0.748. The number of nitrogens with zero attached hydrogens (tertiary/aromatic N) is 1. The van der Waals surface area contributed by atoms with Crippen LogP contribution in [-0.2, 0) is 0 Å². The molecule has 1 aromatic rings. The summed E-state index contributed by atoms with van der Waals surface area (Å²) in [7, 11) is 1.89. The van der Waals surface area contributed by atoms with Gasteiger partial charge in [0.2, 0.25) is 0 Å². The average Bonchev–Trinajstić information content (AvgIpc) is 2.42. The Bertz CT molecular complexity index is 461. The molecular weight excluding hydrogens is 419 g/mol. The highest BCUT2D eigenvalue weighted by atomic mass is 127. The van der Waals surface area contributed by atoms with Crippen LogP contribution in [0.3, 0.4) is 0 Å². The Morgan fingerprint density at radius 2 is 2.37 bits per heavy atom. The molecule has 1 aliphatic rings. The van der Waals surface area contributed by atoms with Crippen LogP contribution in [-0.4, -0.2) is 37.5 Å². The Morgan fingerprint density at radius 3 is 3.05 bits per heavy atom. The minimum Gasteiger partial charge on any atom is -0.341 e. The molecule has 1 fully saturated rings. The summed E-state index contributed by atoms with van der Waals surface area (Å²) in [4.78, 5) is 14.3. The first-order valence-electron chi connectivity index (χ1n) is 6.49. The third kappa shape index (κ3) is 4.16. The zero-order chi connectivity index (χ0) is 13.8. The first-order chi connectivity index (χ1) is 9.08. The van der Waals surface area contributed by atoms with Crippen LogP contribution in [0.25, 0.3) is 0 Å². The molecule has 1 unspecified atom stereocenters. The standard InChI is InChI=1S/C14H18BrIN2O/c1-18(9-10-3-2-6-17-8-10)14(19)12-7-11(16)4-5-13(12)15/h4-5,7,10,17H,2-3,6,8-9H2,1H3. The predicted molar refractivity (Wildman–Crippen MR) is 89.4 cm³/mol. The number of nitrogens with one attached hydrogen (secondary N) is 1. The molecule has 1 amide bonds. The number of piperidine rings is 1. The van der Waals surface area contributed by atoms with Crippen LogP contribution in [0.1, 0.15) is 23.2 Å². The van der Waals surface area contributed by atoms with E-state index in [1.165, 1.54) is 12.8 Å². The number of hydrogen-bond donors (Lipinski definition) is 1. The lowest BCUT2D eigenvalue weighted by Crippen LogP contribution is -2.39. The van der Waals surface area contributed by atoms with E-state index >= 15 is 0 Å². The molecule has 1 N–H and O–H groups in total. The lowest BCUT2D eigenvalue weighted by molar-refractivity contribution is 0.0764. The molecule has 104 valence electrons. The van der Waals surface area contributed by atoms with Gasteiger partial charge in [0.1, 0.15) is 0 Å². The molecule has 0 aromatic heterocycles. The highest BCUT2D eigenvalue weighted by Gasteiger charge is 2.20. The fourth-order valence-electron chi connectivity index (χ4n) is 2.42. The number of benzene rings is 1. The molecule has 0 aliphatic carbocycles. The zero-order valence-corrected chi connectivity index (χ0v) is 14.7. The Morgan fingerprint density at radius 1 is 1.58 bits per heavy atom. The second kappa shape index (κ2) is 7.04. The molecule has 1 saturated heterocycles. The lowest BCUT2D eigenvalue weighted by atomic mass is 9.99. The highest BCUT2D eigenvalue weighted by molar-refractivity contribution is 14.1. The summed E-state index contributed by atoms with van der Waals surface area (Å²) < 4.78 is 1.95. The van der Waals surface area contributed by atoms with Crippen LogP contribution < -0.4 is 5.32 Å². The zero-order valence-electron chi connectivity index (χ0n) is 11.0. The van der Waals surface area contributed by atoms with Gasteiger partial charge in [-0.25, -0.2) is 0 Å². The fraction of sp³-hybridized carbons (Fsp3) is 0.500. The maximum atomic E-state index is 12.5. The van der Waals surface area contributed by atoms with Crippen molar-refractivity contribution >= 4 is 44.4 Å². The van der Waals surface area contributed by atoms with Gasteiger partial charge in [0.15, 0.2) is 0 Å². The van der Waals surface area contributed by atoms with Crippen LogP contribution >= 0.6 is 38.5 Å². The van der Waals surface area contributed by atoms with Gasteiger partial charge in [-0.2, -0.15) is 0 Å². The number of halogens is 2. The lowest BCUT2D eigenvalue weighted by Gasteiger charge is -2.28. The minimum absolute atomic E-state index is 0.0935. The van der Waals surface area contributed by atoms with E-state index < -0.39 is 0 Å². The number of carbonyl (C=O) groups is 1. The average molecular weight is 437 g/mol. The van der Waals surface area contributed by atoms with E-state index in [9.17, 15) is 4.79 Å². The van der Waals surface area contributed by atoms with E-state index in [1.807, 2.05) is 30.1 Å². The van der Waals surface area contributed by atoms with Crippen molar-refractivity contribution < 1.29 is 4.79 Å². The maximum absolute atomic E-state index is 12.5. The minimum atomic E-state index is 0.0935. The van der Waals surface area contributed by atoms with Crippen molar-refractivity contribution in [3.8, 4) is 0 Å². The monoisotopic (exact) mass is 436 g/mol. The van der Waals surface area contributed by atoms with Gasteiger partial charge in [0, 0.05) is 21.6 Å². The third-order valence-corrected chi connectivity index (χ3v) is 4.80. The number of amides is 1. The van der Waals surface area contributed by atoms with Crippen LogP contribution in [0.4, 0.5) is 0 Å². The van der Waals surface area contributed by atoms with Crippen molar-refractivity contribution in [2.24, 2.45) is 5.92 Å². The molecule has 0 bridgehead atoms. The molecule has 2 rings (SSSR count). The first-order valence-corrected chi connectivity index (χ1v) is 8.36. The summed E-state index contributed by atoms with van der Waals surface area (Å²) in [5.74, 6) is 0.667. The highest BCUT2D eigenvalue weighted by Crippen LogP contribution is 2.21. The summed E-state index contributed by atoms with van der Waals surface area (Å²) in [6.45, 7) is 2.95. The van der Waals surface area contributed by atoms with Gasteiger partial charge in [-0.3, -0.25) is 4.79 Å². The van der Waals surface area contributed by atoms with E-state index in [0.717, 1.165) is 33.2 Å². The van der Waals surface area contributed by atoms with Crippen molar-refractivity contribution in [1.29, 1.82) is 0 Å². The van der Waals surface area contributed by atoms with E-state index in [4.69, 9.17) is 0 Å². The van der Waals surface area contributed by atoms with Crippen molar-refractivity contribution in [1.82, 2.24) is 10.2 Å². The van der Waals surface area contributed by atoms with E-state index in [2.05, 4.69) is 43.8 Å². The Labute approximate surface area is 136 Å². The number of carbonyl (C=O) groups excluding carboxylic acids is 1. The normalized spacial score (nSPS) is 19.2. The fourth-order valence-corrected chi connectivity index (χ4v) is 3.32. The number of rotatable bonds is 3. The molecule has 0 radical (unpaired) electrons. The van der Waals surface area contributed by atoms with Crippen LogP contribution in [0.2, 0.25) is 0 Å². The molecule has 19 heavy (non-hydrogen) atoms. The van der Waals surface area contributed by atoms with Gasteiger partial charge < -0.3 is 10.2 Å². The van der Waals surface area contributed by atoms with Crippen molar-refractivity contribution in [3.63, 3.8) is 0 Å². The van der Waals surface area contributed by atoms with E-state index in [0.29, 0.717) is 5.92 Å². The van der Waals surface area contributed by atoms with Crippen LogP contribution in [0, 0.1) is 9.49 Å². The molecule has 5 heteroatoms. The van der Waals surface area contributed by atoms with Gasteiger partial charge in [-0.15, -0.1) is 0 Å². The molecule has 0 spiro atoms. The molecule has 1 aromatic carbocycles. The summed E-state index contributed by atoms with van der Waals surface area (Å²) in [6.07, 6.45) is 2.41. The predicted octanol–water partition coefficient (Wildman–Crippen LogP) is 3.13. The summed E-state index contributed by atoms with van der Waals surface area (Å²) >= 11 is 5.69.